The second-order valence-electron chi connectivity index (χ2n) is 6.38. The number of hydrogen-bond acceptors (Lipinski definition) is 5. The highest BCUT2D eigenvalue weighted by molar-refractivity contribution is 7.90. The number of carbonyl (C=O) groups is 1. The number of nitrogens with one attached hydrogen (secondary N) is 1. The summed E-state index contributed by atoms with van der Waals surface area (Å²) < 4.78 is 28.8. The average molecular weight is 406 g/mol. The summed E-state index contributed by atoms with van der Waals surface area (Å²) in [5.74, 6) is 0.210. The third-order valence-corrected chi connectivity index (χ3v) is 5.23. The zero-order valence-electron chi connectivity index (χ0n) is 15.6. The van der Waals surface area contributed by atoms with Gasteiger partial charge in [-0.2, -0.15) is 5.26 Å². The summed E-state index contributed by atoms with van der Waals surface area (Å²) in [5, 5.41) is 11.7. The van der Waals surface area contributed by atoms with Crippen molar-refractivity contribution in [3.8, 4) is 11.8 Å². The topological polar surface area (TPSA) is 96.3 Å². The van der Waals surface area contributed by atoms with Crippen molar-refractivity contribution in [1.82, 2.24) is 0 Å². The van der Waals surface area contributed by atoms with Gasteiger partial charge in [0.1, 0.15) is 12.4 Å². The summed E-state index contributed by atoms with van der Waals surface area (Å²) in [6.07, 6.45) is 1.12. The van der Waals surface area contributed by atoms with Gasteiger partial charge in [0.25, 0.3) is 5.91 Å². The monoisotopic (exact) mass is 406 g/mol. The minimum absolute atomic E-state index is 0.157. The van der Waals surface area contributed by atoms with E-state index in [9.17, 15) is 13.2 Å². The number of rotatable bonds is 6. The molecule has 0 spiro atoms. The van der Waals surface area contributed by atoms with E-state index in [2.05, 4.69) is 11.4 Å². The molecule has 0 saturated heterocycles. The molecule has 0 aliphatic rings. The van der Waals surface area contributed by atoms with Crippen LogP contribution in [0.25, 0.3) is 0 Å². The molecule has 6 nitrogen and oxygen atoms in total. The Labute approximate surface area is 169 Å². The molecular formula is C22H18N2O4S. The van der Waals surface area contributed by atoms with Gasteiger partial charge in [-0.15, -0.1) is 0 Å². The number of carbonyl (C=O) groups excluding carboxylic acids is 1. The molecule has 0 saturated carbocycles. The van der Waals surface area contributed by atoms with Crippen molar-refractivity contribution in [2.45, 2.75) is 11.5 Å². The van der Waals surface area contributed by atoms with Crippen LogP contribution in [-0.4, -0.2) is 20.6 Å². The predicted octanol–water partition coefficient (Wildman–Crippen LogP) is 3.79. The summed E-state index contributed by atoms with van der Waals surface area (Å²) in [6, 6.07) is 21.9. The summed E-state index contributed by atoms with van der Waals surface area (Å²) >= 11 is 0. The normalized spacial score (nSPS) is 10.8. The number of anilines is 1. The lowest BCUT2D eigenvalue weighted by atomic mass is 10.1. The summed E-state index contributed by atoms with van der Waals surface area (Å²) in [6.45, 7) is 0.292. The molecule has 3 rings (SSSR count). The zero-order chi connectivity index (χ0) is 20.9. The van der Waals surface area contributed by atoms with Crippen LogP contribution < -0.4 is 10.1 Å². The minimum atomic E-state index is -3.31. The number of hydrogen-bond donors (Lipinski definition) is 1. The molecule has 7 heteroatoms. The van der Waals surface area contributed by atoms with Crippen LogP contribution in [0, 0.1) is 11.3 Å². The molecule has 0 fully saturated rings. The highest BCUT2D eigenvalue weighted by atomic mass is 32.2. The number of nitriles is 1. The first-order valence-electron chi connectivity index (χ1n) is 8.68. The molecule has 146 valence electrons. The van der Waals surface area contributed by atoms with Gasteiger partial charge in [-0.25, -0.2) is 8.42 Å². The number of benzene rings is 3. The molecule has 0 aromatic heterocycles. The molecule has 29 heavy (non-hydrogen) atoms. The third kappa shape index (κ3) is 5.43. The van der Waals surface area contributed by atoms with E-state index in [1.54, 1.807) is 42.5 Å². The van der Waals surface area contributed by atoms with Crippen molar-refractivity contribution < 1.29 is 17.9 Å². The Bertz CT molecular complexity index is 1180. The molecule has 0 atom stereocenters. The van der Waals surface area contributed by atoms with Crippen LogP contribution >= 0.6 is 0 Å². The van der Waals surface area contributed by atoms with E-state index in [0.717, 1.165) is 11.8 Å². The van der Waals surface area contributed by atoms with E-state index in [1.807, 2.05) is 6.07 Å². The van der Waals surface area contributed by atoms with E-state index < -0.39 is 9.84 Å². The van der Waals surface area contributed by atoms with E-state index in [1.165, 1.54) is 24.3 Å². The maximum absolute atomic E-state index is 12.4. The van der Waals surface area contributed by atoms with E-state index in [0.29, 0.717) is 29.2 Å². The van der Waals surface area contributed by atoms with Gasteiger partial charge >= 0.3 is 0 Å². The fourth-order valence-corrected chi connectivity index (χ4v) is 3.25. The summed E-state index contributed by atoms with van der Waals surface area (Å²) in [7, 11) is -3.31. The van der Waals surface area contributed by atoms with Crippen molar-refractivity contribution in [3.63, 3.8) is 0 Å². The SMILES string of the molecule is CS(=O)(=O)c1ccc(C(=O)Nc2cccc(OCc3cccc(C#N)c3)c2)cc1. The lowest BCUT2D eigenvalue weighted by Crippen LogP contribution is -2.12. The molecule has 0 unspecified atom stereocenters. The van der Waals surface area contributed by atoms with Gasteiger partial charge in [0.05, 0.1) is 16.5 Å². The summed E-state index contributed by atoms with van der Waals surface area (Å²) in [5.41, 5.74) is 2.32. The molecule has 0 aliphatic heterocycles. The highest BCUT2D eigenvalue weighted by Gasteiger charge is 2.10. The summed E-state index contributed by atoms with van der Waals surface area (Å²) in [4.78, 5) is 12.6. The average Bonchev–Trinajstić information content (AvgIpc) is 2.72. The molecule has 0 heterocycles. The first-order valence-corrected chi connectivity index (χ1v) is 10.6. The Hall–Kier alpha value is -3.63. The van der Waals surface area contributed by atoms with Crippen LogP contribution in [0.15, 0.2) is 77.7 Å². The van der Waals surface area contributed by atoms with Crippen molar-refractivity contribution in [2.75, 3.05) is 11.6 Å². The van der Waals surface area contributed by atoms with E-state index in [-0.39, 0.29) is 10.8 Å². The Morgan fingerprint density at radius 2 is 1.76 bits per heavy atom. The molecular weight excluding hydrogens is 388 g/mol. The Balaban J connectivity index is 1.66. The second-order valence-corrected chi connectivity index (χ2v) is 8.40. The van der Waals surface area contributed by atoms with Gasteiger partial charge in [0.15, 0.2) is 9.84 Å². The molecule has 0 bridgehead atoms. The maximum atomic E-state index is 12.4. The van der Waals surface area contributed by atoms with Gasteiger partial charge in [-0.05, 0) is 54.1 Å². The van der Waals surface area contributed by atoms with E-state index in [4.69, 9.17) is 10.00 Å². The molecule has 3 aromatic rings. The van der Waals surface area contributed by atoms with Crippen LogP contribution in [0.5, 0.6) is 5.75 Å². The zero-order valence-corrected chi connectivity index (χ0v) is 16.4. The van der Waals surface area contributed by atoms with Crippen LogP contribution in [-0.2, 0) is 16.4 Å². The van der Waals surface area contributed by atoms with Crippen molar-refractivity contribution >= 4 is 21.4 Å². The van der Waals surface area contributed by atoms with Crippen LogP contribution in [0.2, 0.25) is 0 Å². The molecule has 3 aromatic carbocycles. The number of amides is 1. The van der Waals surface area contributed by atoms with Gasteiger partial charge in [-0.3, -0.25) is 4.79 Å². The number of ether oxygens (including phenoxy) is 1. The number of sulfone groups is 1. The molecule has 1 amide bonds. The van der Waals surface area contributed by atoms with E-state index >= 15 is 0 Å². The van der Waals surface area contributed by atoms with Crippen LogP contribution in [0.3, 0.4) is 0 Å². The standard InChI is InChI=1S/C22H18N2O4S/c1-29(26,27)21-10-8-18(9-11-21)22(25)24-19-6-3-7-20(13-19)28-15-17-5-2-4-16(12-17)14-23/h2-13H,15H2,1H3,(H,24,25). The van der Waals surface area contributed by atoms with Gasteiger partial charge in [0, 0.05) is 23.6 Å². The van der Waals surface area contributed by atoms with Crippen molar-refractivity contribution in [1.29, 1.82) is 5.26 Å². The molecule has 1 N–H and O–H groups in total. The highest BCUT2D eigenvalue weighted by Crippen LogP contribution is 2.20. The fourth-order valence-electron chi connectivity index (χ4n) is 2.62. The predicted molar refractivity (Wildman–Crippen MR) is 109 cm³/mol. The first kappa shape index (κ1) is 20.1. The maximum Gasteiger partial charge on any atom is 0.255 e. The van der Waals surface area contributed by atoms with Gasteiger partial charge in [-0.1, -0.05) is 18.2 Å². The molecule has 0 radical (unpaired) electrons. The Morgan fingerprint density at radius 3 is 2.45 bits per heavy atom. The third-order valence-electron chi connectivity index (χ3n) is 4.10. The fraction of sp³-hybridized carbons (Fsp3) is 0.0909. The lowest BCUT2D eigenvalue weighted by molar-refractivity contribution is 0.102. The number of nitrogens with zero attached hydrogens (tertiary/aromatic N) is 1. The van der Waals surface area contributed by atoms with Crippen LogP contribution in [0.4, 0.5) is 5.69 Å². The van der Waals surface area contributed by atoms with Crippen LogP contribution in [0.1, 0.15) is 21.5 Å². The molecule has 0 aliphatic carbocycles. The van der Waals surface area contributed by atoms with Crippen molar-refractivity contribution in [3.05, 3.63) is 89.5 Å². The minimum Gasteiger partial charge on any atom is -0.489 e. The first-order chi connectivity index (χ1) is 13.8. The largest absolute Gasteiger partial charge is 0.489 e. The smallest absolute Gasteiger partial charge is 0.255 e. The van der Waals surface area contributed by atoms with Gasteiger partial charge < -0.3 is 10.1 Å². The Morgan fingerprint density at radius 1 is 1.03 bits per heavy atom. The van der Waals surface area contributed by atoms with Gasteiger partial charge in [0.2, 0.25) is 0 Å². The second kappa shape index (κ2) is 8.59. The van der Waals surface area contributed by atoms with Crippen molar-refractivity contribution in [2.24, 2.45) is 0 Å². The quantitative estimate of drug-likeness (QED) is 0.672. The Kier molecular flexibility index (Phi) is 5.96. The lowest BCUT2D eigenvalue weighted by Gasteiger charge is -2.10.